The van der Waals surface area contributed by atoms with Crippen molar-refractivity contribution in [3.63, 3.8) is 0 Å². The van der Waals surface area contributed by atoms with Crippen LogP contribution in [0.15, 0.2) is 72.8 Å². The highest BCUT2D eigenvalue weighted by molar-refractivity contribution is 6.01. The fraction of sp³-hybridized carbons (Fsp3) is 0.314. The molecule has 0 aliphatic carbocycles. The van der Waals surface area contributed by atoms with Crippen molar-refractivity contribution in [2.24, 2.45) is 0 Å². The van der Waals surface area contributed by atoms with E-state index in [9.17, 15) is 23.5 Å². The highest BCUT2D eigenvalue weighted by atomic mass is 19.1. The summed E-state index contributed by atoms with van der Waals surface area (Å²) in [5, 5.41) is 14.3. The van der Waals surface area contributed by atoms with Crippen LogP contribution in [0.2, 0.25) is 0 Å². The molecule has 1 aliphatic heterocycles. The second kappa shape index (κ2) is 13.3. The predicted octanol–water partition coefficient (Wildman–Crippen LogP) is 6.37. The molecular formula is C35H36F2N2O4. The quantitative estimate of drug-likeness (QED) is 0.226. The van der Waals surface area contributed by atoms with Gasteiger partial charge < -0.3 is 20.1 Å². The Labute approximate surface area is 250 Å². The minimum absolute atomic E-state index is 0.00745. The van der Waals surface area contributed by atoms with E-state index in [-0.39, 0.29) is 12.0 Å². The fourth-order valence-corrected chi connectivity index (χ4v) is 6.08. The number of amides is 1. The zero-order valence-corrected chi connectivity index (χ0v) is 24.4. The van der Waals surface area contributed by atoms with Crippen LogP contribution in [0.3, 0.4) is 0 Å². The Morgan fingerprint density at radius 1 is 1.02 bits per heavy atom. The molecule has 2 N–H and O–H groups in total. The molecule has 0 unspecified atom stereocenters. The van der Waals surface area contributed by atoms with Crippen molar-refractivity contribution < 1.29 is 28.2 Å². The van der Waals surface area contributed by atoms with Crippen molar-refractivity contribution in [1.82, 2.24) is 10.2 Å². The molecule has 0 spiro atoms. The van der Waals surface area contributed by atoms with Crippen molar-refractivity contribution in [3.05, 3.63) is 101 Å². The number of alkyl halides is 1. The lowest BCUT2D eigenvalue weighted by atomic mass is 9.90. The normalized spacial score (nSPS) is 16.1. The Morgan fingerprint density at radius 2 is 1.74 bits per heavy atom. The first-order valence-electron chi connectivity index (χ1n) is 14.6. The van der Waals surface area contributed by atoms with E-state index in [0.29, 0.717) is 24.3 Å². The summed E-state index contributed by atoms with van der Waals surface area (Å²) in [5.74, 6) is -1.96. The summed E-state index contributed by atoms with van der Waals surface area (Å²) < 4.78 is 34.3. The van der Waals surface area contributed by atoms with Crippen molar-refractivity contribution in [1.29, 1.82) is 0 Å². The number of carbonyl (C=O) groups is 2. The number of likely N-dealkylation sites (tertiary alicyclic amines) is 1. The van der Waals surface area contributed by atoms with Crippen LogP contribution in [0.1, 0.15) is 39.9 Å². The molecule has 1 aliphatic rings. The molecule has 0 radical (unpaired) electrons. The van der Waals surface area contributed by atoms with Gasteiger partial charge >= 0.3 is 5.97 Å². The molecule has 0 bridgehead atoms. The van der Waals surface area contributed by atoms with Crippen LogP contribution in [0.25, 0.3) is 21.9 Å². The average Bonchev–Trinajstić information content (AvgIpc) is 2.99. The molecule has 43 heavy (non-hydrogen) atoms. The maximum Gasteiger partial charge on any atom is 0.326 e. The molecule has 1 amide bonds. The monoisotopic (exact) mass is 586 g/mol. The number of carbonyl (C=O) groups excluding carboxylic acids is 1. The van der Waals surface area contributed by atoms with Crippen LogP contribution >= 0.6 is 0 Å². The first-order valence-corrected chi connectivity index (χ1v) is 14.6. The van der Waals surface area contributed by atoms with E-state index in [1.807, 2.05) is 48.5 Å². The van der Waals surface area contributed by atoms with Gasteiger partial charge in [-0.05, 0) is 77.9 Å². The van der Waals surface area contributed by atoms with Crippen molar-refractivity contribution >= 4 is 22.6 Å². The van der Waals surface area contributed by atoms with Crippen LogP contribution in [0, 0.1) is 12.7 Å². The third-order valence-electron chi connectivity index (χ3n) is 8.24. The largest absolute Gasteiger partial charge is 0.496 e. The maximum absolute atomic E-state index is 14.4. The van der Waals surface area contributed by atoms with E-state index >= 15 is 0 Å². The third kappa shape index (κ3) is 6.70. The molecule has 5 rings (SSSR count). The highest BCUT2D eigenvalue weighted by Gasteiger charge is 2.25. The molecule has 1 saturated heterocycles. The van der Waals surface area contributed by atoms with Crippen molar-refractivity contribution in [3.8, 4) is 16.9 Å². The molecule has 2 atom stereocenters. The van der Waals surface area contributed by atoms with Crippen LogP contribution in [0.4, 0.5) is 8.78 Å². The maximum atomic E-state index is 14.4. The number of carboxylic acid groups (broad SMARTS) is 1. The standard InChI is InChI=1S/C35H36F2N2O4/c1-22-8-3-15-29(37)32(22)34(40)38-30(35(41)42)20-24-10-4-13-27-26(24)12-6-14-28(27)33-23(9-5-16-31(33)43-2)17-19-39-18-7-11-25(36)21-39/h3-6,8-10,12-16,25,30H,7,11,17-21H2,1-2H3,(H,38,40)(H,41,42)/t25-,30-/m0/s1. The molecule has 8 heteroatoms. The molecule has 4 aromatic rings. The predicted molar refractivity (Wildman–Crippen MR) is 164 cm³/mol. The number of carboxylic acids is 1. The van der Waals surface area contributed by atoms with Gasteiger partial charge in [-0.1, -0.05) is 60.7 Å². The van der Waals surface area contributed by atoms with Gasteiger partial charge in [-0.25, -0.2) is 13.6 Å². The van der Waals surface area contributed by atoms with E-state index < -0.39 is 29.9 Å². The Morgan fingerprint density at radius 3 is 2.49 bits per heavy atom. The lowest BCUT2D eigenvalue weighted by Crippen LogP contribution is -2.42. The zero-order valence-electron chi connectivity index (χ0n) is 24.4. The Bertz CT molecular complexity index is 1620. The molecule has 0 aromatic heterocycles. The molecule has 4 aromatic carbocycles. The lowest BCUT2D eigenvalue weighted by molar-refractivity contribution is -0.139. The summed E-state index contributed by atoms with van der Waals surface area (Å²) >= 11 is 0. The number of halogens is 2. The number of methoxy groups -OCH3 is 1. The number of nitrogens with one attached hydrogen (secondary N) is 1. The average molecular weight is 587 g/mol. The summed E-state index contributed by atoms with van der Waals surface area (Å²) in [7, 11) is 1.63. The third-order valence-corrected chi connectivity index (χ3v) is 8.24. The van der Waals surface area contributed by atoms with E-state index in [2.05, 4.69) is 16.3 Å². The second-order valence-corrected chi connectivity index (χ2v) is 11.1. The van der Waals surface area contributed by atoms with Crippen LogP contribution < -0.4 is 10.1 Å². The molecular weight excluding hydrogens is 550 g/mol. The topological polar surface area (TPSA) is 78.9 Å². The Kier molecular flexibility index (Phi) is 9.36. The van der Waals surface area contributed by atoms with Gasteiger partial charge in [0, 0.05) is 25.1 Å². The summed E-state index contributed by atoms with van der Waals surface area (Å²) in [6, 6.07) is 20.5. The number of fused-ring (bicyclic) bond motifs is 1. The highest BCUT2D eigenvalue weighted by Crippen LogP contribution is 2.39. The van der Waals surface area contributed by atoms with Gasteiger partial charge in [-0.2, -0.15) is 0 Å². The SMILES string of the molecule is COc1cccc(CCN2CCC[C@H](F)C2)c1-c1cccc2c(C[C@H](NC(=O)c3c(C)cccc3F)C(=O)O)cccc12. The molecule has 6 nitrogen and oxygen atoms in total. The van der Waals surface area contributed by atoms with Crippen LogP contribution in [-0.2, 0) is 17.6 Å². The Hall–Kier alpha value is -4.30. The summed E-state index contributed by atoms with van der Waals surface area (Å²) in [4.78, 5) is 27.4. The van der Waals surface area contributed by atoms with Gasteiger partial charge in [0.25, 0.3) is 5.91 Å². The number of benzene rings is 4. The molecule has 0 saturated carbocycles. The lowest BCUT2D eigenvalue weighted by Gasteiger charge is -2.29. The van der Waals surface area contributed by atoms with Crippen molar-refractivity contribution in [2.75, 3.05) is 26.7 Å². The van der Waals surface area contributed by atoms with Gasteiger partial charge in [0.15, 0.2) is 0 Å². The first kappa shape index (κ1) is 30.2. The van der Waals surface area contributed by atoms with E-state index in [0.717, 1.165) is 59.0 Å². The number of nitrogens with zero attached hydrogens (tertiary/aromatic N) is 1. The van der Waals surface area contributed by atoms with Crippen molar-refractivity contribution in [2.45, 2.75) is 44.8 Å². The minimum atomic E-state index is -1.27. The number of hydrogen-bond acceptors (Lipinski definition) is 4. The number of hydrogen-bond donors (Lipinski definition) is 2. The second-order valence-electron chi connectivity index (χ2n) is 11.1. The minimum Gasteiger partial charge on any atom is -0.496 e. The molecule has 1 heterocycles. The van der Waals surface area contributed by atoms with Gasteiger partial charge in [-0.15, -0.1) is 0 Å². The summed E-state index contributed by atoms with van der Waals surface area (Å²) in [6.45, 7) is 3.68. The molecule has 1 fully saturated rings. The van der Waals surface area contributed by atoms with Crippen LogP contribution in [-0.4, -0.2) is 60.8 Å². The number of aliphatic carboxylic acids is 1. The van der Waals surface area contributed by atoms with E-state index in [4.69, 9.17) is 4.74 Å². The smallest absolute Gasteiger partial charge is 0.326 e. The number of aryl methyl sites for hydroxylation is 1. The first-order chi connectivity index (χ1) is 20.8. The van der Waals surface area contributed by atoms with Crippen LogP contribution in [0.5, 0.6) is 5.75 Å². The van der Waals surface area contributed by atoms with Gasteiger partial charge in [-0.3, -0.25) is 4.79 Å². The Balaban J connectivity index is 1.47. The van der Waals surface area contributed by atoms with E-state index in [1.165, 1.54) is 12.1 Å². The number of rotatable bonds is 10. The fourth-order valence-electron chi connectivity index (χ4n) is 6.08. The number of piperidine rings is 1. The number of ether oxygens (including phenoxy) is 1. The van der Waals surface area contributed by atoms with Gasteiger partial charge in [0.05, 0.1) is 12.7 Å². The molecule has 224 valence electrons. The van der Waals surface area contributed by atoms with E-state index in [1.54, 1.807) is 20.1 Å². The zero-order chi connectivity index (χ0) is 30.5. The summed E-state index contributed by atoms with van der Waals surface area (Å²) in [6.07, 6.45) is 1.42. The van der Waals surface area contributed by atoms with Gasteiger partial charge in [0.2, 0.25) is 0 Å². The van der Waals surface area contributed by atoms with Gasteiger partial charge in [0.1, 0.15) is 23.8 Å². The summed E-state index contributed by atoms with van der Waals surface area (Å²) in [5.41, 5.74) is 3.95.